The quantitative estimate of drug-likeness (QED) is 0.635. The molecule has 0 amide bonds. The van der Waals surface area contributed by atoms with E-state index in [1.165, 1.54) is 27.9 Å². The van der Waals surface area contributed by atoms with Crippen molar-refractivity contribution >= 4 is 11.8 Å². The molecule has 3 rings (SSSR count). The molecule has 23 heavy (non-hydrogen) atoms. The van der Waals surface area contributed by atoms with Crippen molar-refractivity contribution in [1.82, 2.24) is 14.9 Å². The molecule has 122 valence electrons. The number of thioether (sulfide) groups is 1. The fraction of sp³-hybridized carbons (Fsp3) is 0.444. The van der Waals surface area contributed by atoms with Crippen LogP contribution in [0.3, 0.4) is 0 Å². The van der Waals surface area contributed by atoms with E-state index in [9.17, 15) is 0 Å². The second kappa shape index (κ2) is 6.89. The van der Waals surface area contributed by atoms with Gasteiger partial charge in [-0.25, -0.2) is 9.97 Å². The maximum Gasteiger partial charge on any atom is 0.187 e. The van der Waals surface area contributed by atoms with Gasteiger partial charge in [-0.2, -0.15) is 0 Å². The van der Waals surface area contributed by atoms with Crippen molar-refractivity contribution in [2.75, 3.05) is 19.9 Å². The van der Waals surface area contributed by atoms with E-state index in [1.807, 2.05) is 12.5 Å². The molecule has 0 radical (unpaired) electrons. The summed E-state index contributed by atoms with van der Waals surface area (Å²) in [4.78, 5) is 11.5. The van der Waals surface area contributed by atoms with Gasteiger partial charge in [0, 0.05) is 37.8 Å². The first-order chi connectivity index (χ1) is 11.1. The normalized spacial score (nSPS) is 14.6. The smallest absolute Gasteiger partial charge is 0.187 e. The van der Waals surface area contributed by atoms with Gasteiger partial charge < -0.3 is 4.74 Å². The number of aryl methyl sites for hydroxylation is 2. The van der Waals surface area contributed by atoms with Crippen molar-refractivity contribution in [1.29, 1.82) is 0 Å². The van der Waals surface area contributed by atoms with Crippen LogP contribution in [0.25, 0.3) is 0 Å². The van der Waals surface area contributed by atoms with E-state index in [0.29, 0.717) is 0 Å². The molecule has 2 aromatic rings. The second-order valence-corrected chi connectivity index (χ2v) is 6.81. The lowest BCUT2D eigenvalue weighted by Gasteiger charge is -2.28. The van der Waals surface area contributed by atoms with Gasteiger partial charge in [0.15, 0.2) is 5.16 Å². The predicted octanol–water partition coefficient (Wildman–Crippen LogP) is 3.38. The molecule has 1 aliphatic heterocycles. The summed E-state index contributed by atoms with van der Waals surface area (Å²) in [5, 5.41) is 0.874. The highest BCUT2D eigenvalue weighted by Gasteiger charge is 2.19. The number of fused-ring (bicyclic) bond motifs is 1. The van der Waals surface area contributed by atoms with E-state index in [1.54, 1.807) is 18.9 Å². The van der Waals surface area contributed by atoms with Crippen LogP contribution in [0.15, 0.2) is 23.5 Å². The highest BCUT2D eigenvalue weighted by atomic mass is 32.2. The van der Waals surface area contributed by atoms with Crippen molar-refractivity contribution in [3.05, 3.63) is 46.3 Å². The van der Waals surface area contributed by atoms with Crippen LogP contribution in [0.4, 0.5) is 0 Å². The predicted molar refractivity (Wildman–Crippen MR) is 94.1 cm³/mol. The van der Waals surface area contributed by atoms with E-state index in [2.05, 4.69) is 40.8 Å². The molecule has 0 unspecified atom stereocenters. The molecule has 5 heteroatoms. The molecule has 0 N–H and O–H groups in total. The number of nitrogens with zero attached hydrogens (tertiary/aromatic N) is 3. The Morgan fingerprint density at radius 2 is 2.09 bits per heavy atom. The third-order valence-corrected chi connectivity index (χ3v) is 4.98. The van der Waals surface area contributed by atoms with Crippen LogP contribution in [0.1, 0.15) is 27.9 Å². The summed E-state index contributed by atoms with van der Waals surface area (Å²) in [6, 6.07) is 4.38. The van der Waals surface area contributed by atoms with Crippen LogP contribution >= 0.6 is 11.8 Å². The summed E-state index contributed by atoms with van der Waals surface area (Å²) in [6.45, 7) is 7.19. The molecule has 1 aromatic carbocycles. The maximum atomic E-state index is 5.41. The van der Waals surface area contributed by atoms with Gasteiger partial charge in [0.25, 0.3) is 0 Å². The van der Waals surface area contributed by atoms with Crippen LogP contribution in [0.2, 0.25) is 0 Å². The number of aromatic nitrogens is 2. The van der Waals surface area contributed by atoms with Crippen LogP contribution in [0, 0.1) is 13.8 Å². The number of rotatable bonds is 4. The monoisotopic (exact) mass is 329 g/mol. The van der Waals surface area contributed by atoms with Gasteiger partial charge in [-0.05, 0) is 42.9 Å². The Balaban J connectivity index is 1.76. The fourth-order valence-electron chi connectivity index (χ4n) is 3.07. The first-order valence-electron chi connectivity index (χ1n) is 7.86. The SMILES string of the molecule is COc1cc(C)c(CN2CCc3nc(SC)ncc3C2)cc1C. The molecule has 0 saturated heterocycles. The lowest BCUT2D eigenvalue weighted by molar-refractivity contribution is 0.241. The highest BCUT2D eigenvalue weighted by molar-refractivity contribution is 7.98. The van der Waals surface area contributed by atoms with Crippen LogP contribution in [-0.4, -0.2) is 34.8 Å². The maximum absolute atomic E-state index is 5.41. The first-order valence-corrected chi connectivity index (χ1v) is 9.08. The molecular weight excluding hydrogens is 306 g/mol. The third-order valence-electron chi connectivity index (χ3n) is 4.42. The van der Waals surface area contributed by atoms with Crippen molar-refractivity contribution in [3.63, 3.8) is 0 Å². The number of ether oxygens (including phenoxy) is 1. The van der Waals surface area contributed by atoms with Gasteiger partial charge >= 0.3 is 0 Å². The minimum Gasteiger partial charge on any atom is -0.496 e. The molecule has 0 bridgehead atoms. The molecule has 0 saturated carbocycles. The Kier molecular flexibility index (Phi) is 4.87. The lowest BCUT2D eigenvalue weighted by Crippen LogP contribution is -2.31. The molecule has 1 aliphatic rings. The third kappa shape index (κ3) is 3.51. The Hall–Kier alpha value is -1.59. The topological polar surface area (TPSA) is 38.2 Å². The molecule has 4 nitrogen and oxygen atoms in total. The molecular formula is C18H23N3OS. The molecule has 2 heterocycles. The largest absolute Gasteiger partial charge is 0.496 e. The van der Waals surface area contributed by atoms with E-state index >= 15 is 0 Å². The van der Waals surface area contributed by atoms with Gasteiger partial charge in [-0.3, -0.25) is 4.90 Å². The van der Waals surface area contributed by atoms with Gasteiger partial charge in [0.05, 0.1) is 12.8 Å². The summed E-state index contributed by atoms with van der Waals surface area (Å²) in [7, 11) is 1.73. The molecule has 0 spiro atoms. The second-order valence-electron chi connectivity index (χ2n) is 6.04. The number of methoxy groups -OCH3 is 1. The Morgan fingerprint density at radius 1 is 1.26 bits per heavy atom. The molecule has 0 fully saturated rings. The summed E-state index contributed by atoms with van der Waals surface area (Å²) in [5.74, 6) is 0.966. The number of hydrogen-bond donors (Lipinski definition) is 0. The van der Waals surface area contributed by atoms with Crippen molar-refractivity contribution in [2.45, 2.75) is 38.5 Å². The zero-order valence-electron chi connectivity index (χ0n) is 14.2. The molecule has 1 aromatic heterocycles. The minimum atomic E-state index is 0.874. The van der Waals surface area contributed by atoms with E-state index in [-0.39, 0.29) is 0 Å². The average molecular weight is 329 g/mol. The first kappa shape index (κ1) is 16.3. The Labute approximate surface area is 142 Å². The highest BCUT2D eigenvalue weighted by Crippen LogP contribution is 2.25. The van der Waals surface area contributed by atoms with Crippen molar-refractivity contribution in [3.8, 4) is 5.75 Å². The Morgan fingerprint density at radius 3 is 2.83 bits per heavy atom. The summed E-state index contributed by atoms with van der Waals surface area (Å²) in [6.07, 6.45) is 5.01. The fourth-order valence-corrected chi connectivity index (χ4v) is 3.43. The van der Waals surface area contributed by atoms with Gasteiger partial charge in [-0.15, -0.1) is 0 Å². The summed E-state index contributed by atoms with van der Waals surface area (Å²) < 4.78 is 5.41. The zero-order valence-corrected chi connectivity index (χ0v) is 15.0. The van der Waals surface area contributed by atoms with Gasteiger partial charge in [0.1, 0.15) is 5.75 Å². The average Bonchev–Trinajstić information content (AvgIpc) is 2.57. The van der Waals surface area contributed by atoms with E-state index in [4.69, 9.17) is 4.74 Å². The van der Waals surface area contributed by atoms with E-state index in [0.717, 1.165) is 37.0 Å². The van der Waals surface area contributed by atoms with Crippen molar-refractivity contribution in [2.24, 2.45) is 0 Å². The Bertz CT molecular complexity index is 718. The van der Waals surface area contributed by atoms with Crippen LogP contribution in [0.5, 0.6) is 5.75 Å². The molecule has 0 atom stereocenters. The number of benzene rings is 1. The number of hydrogen-bond acceptors (Lipinski definition) is 5. The van der Waals surface area contributed by atoms with Crippen LogP contribution < -0.4 is 4.74 Å². The van der Waals surface area contributed by atoms with Crippen molar-refractivity contribution < 1.29 is 4.74 Å². The summed E-state index contributed by atoms with van der Waals surface area (Å²) in [5.41, 5.74) is 6.32. The van der Waals surface area contributed by atoms with E-state index < -0.39 is 0 Å². The minimum absolute atomic E-state index is 0.874. The van der Waals surface area contributed by atoms with Gasteiger partial charge in [0.2, 0.25) is 0 Å². The molecule has 0 aliphatic carbocycles. The summed E-state index contributed by atoms with van der Waals surface area (Å²) >= 11 is 1.60. The standard InChI is InChI=1S/C18H23N3OS/c1-12-8-17(22-3)13(2)7-14(12)10-21-6-5-16-15(11-21)9-19-18(20-16)23-4/h7-9H,5-6,10-11H2,1-4H3. The van der Waals surface area contributed by atoms with Crippen LogP contribution in [-0.2, 0) is 19.5 Å². The lowest BCUT2D eigenvalue weighted by atomic mass is 10.0. The van der Waals surface area contributed by atoms with Gasteiger partial charge in [-0.1, -0.05) is 17.8 Å². The zero-order chi connectivity index (χ0) is 16.4.